The molecular formula is C23H27ClN4O2. The zero-order chi connectivity index (χ0) is 20.2. The van der Waals surface area contributed by atoms with E-state index >= 15 is 0 Å². The largest absolute Gasteiger partial charge is 0.489 e. The molecular weight excluding hydrogens is 400 g/mol. The maximum atomic E-state index is 12.9. The first-order valence-electron chi connectivity index (χ1n) is 9.87. The lowest BCUT2D eigenvalue weighted by Crippen LogP contribution is -2.28. The molecule has 1 aromatic heterocycles. The number of rotatable bonds is 6. The fraction of sp³-hybridized carbons (Fsp3) is 0.304. The van der Waals surface area contributed by atoms with Crippen LogP contribution >= 0.6 is 12.4 Å². The number of ether oxygens (including phenoxy) is 1. The maximum absolute atomic E-state index is 12.9. The Morgan fingerprint density at radius 2 is 2.03 bits per heavy atom. The number of hydrogen-bond donors (Lipinski definition) is 2. The molecule has 6 nitrogen and oxygen atoms in total. The van der Waals surface area contributed by atoms with E-state index in [0.717, 1.165) is 34.7 Å². The van der Waals surface area contributed by atoms with Crippen molar-refractivity contribution in [3.63, 3.8) is 0 Å². The highest BCUT2D eigenvalue weighted by Crippen LogP contribution is 2.30. The molecule has 0 bridgehead atoms. The van der Waals surface area contributed by atoms with E-state index in [2.05, 4.69) is 15.7 Å². The Hall–Kier alpha value is -2.83. The summed E-state index contributed by atoms with van der Waals surface area (Å²) in [6.45, 7) is 3.96. The molecule has 1 aliphatic heterocycles. The molecule has 0 radical (unpaired) electrons. The molecule has 0 saturated carbocycles. The van der Waals surface area contributed by atoms with Crippen LogP contribution in [0.4, 0.5) is 5.69 Å². The van der Waals surface area contributed by atoms with Gasteiger partial charge in [0.05, 0.1) is 12.1 Å². The summed E-state index contributed by atoms with van der Waals surface area (Å²) in [5.41, 5.74) is 4.02. The molecule has 7 heteroatoms. The zero-order valence-electron chi connectivity index (χ0n) is 17.2. The van der Waals surface area contributed by atoms with Gasteiger partial charge in [0, 0.05) is 37.9 Å². The van der Waals surface area contributed by atoms with Crippen molar-refractivity contribution in [2.45, 2.75) is 19.4 Å². The van der Waals surface area contributed by atoms with Crippen molar-refractivity contribution in [2.75, 3.05) is 18.4 Å². The Morgan fingerprint density at radius 3 is 2.73 bits per heavy atom. The first-order chi connectivity index (χ1) is 14.1. The number of benzene rings is 2. The van der Waals surface area contributed by atoms with Crippen LogP contribution in [0.25, 0.3) is 0 Å². The SMILES string of the molecule is Cc1cc(OCc2ccccc2)ccc1NC(=O)[C@H]1CNC[C@@H]1c1cnn(C)c1.Cl. The first kappa shape index (κ1) is 21.9. The van der Waals surface area contributed by atoms with E-state index in [1.807, 2.05) is 74.9 Å². The Balaban J connectivity index is 0.00000256. The molecule has 1 saturated heterocycles. The van der Waals surface area contributed by atoms with Crippen molar-refractivity contribution in [1.82, 2.24) is 15.1 Å². The highest BCUT2D eigenvalue weighted by molar-refractivity contribution is 5.94. The molecule has 3 aromatic rings. The summed E-state index contributed by atoms with van der Waals surface area (Å²) in [4.78, 5) is 12.9. The summed E-state index contributed by atoms with van der Waals surface area (Å²) in [5.74, 6) is 0.843. The van der Waals surface area contributed by atoms with Crippen LogP contribution in [0.15, 0.2) is 60.9 Å². The van der Waals surface area contributed by atoms with Gasteiger partial charge in [0.2, 0.25) is 5.91 Å². The van der Waals surface area contributed by atoms with Crippen molar-refractivity contribution >= 4 is 24.0 Å². The van der Waals surface area contributed by atoms with Crippen LogP contribution < -0.4 is 15.4 Å². The van der Waals surface area contributed by atoms with Gasteiger partial charge in [-0.2, -0.15) is 5.10 Å². The highest BCUT2D eigenvalue weighted by atomic mass is 35.5. The molecule has 1 fully saturated rings. The molecule has 30 heavy (non-hydrogen) atoms. The second-order valence-corrected chi connectivity index (χ2v) is 7.56. The van der Waals surface area contributed by atoms with Crippen LogP contribution in [0.5, 0.6) is 5.75 Å². The van der Waals surface area contributed by atoms with Gasteiger partial charge in [-0.15, -0.1) is 12.4 Å². The van der Waals surface area contributed by atoms with Gasteiger partial charge >= 0.3 is 0 Å². The van der Waals surface area contributed by atoms with Gasteiger partial charge in [0.15, 0.2) is 0 Å². The Bertz CT molecular complexity index is 990. The number of aromatic nitrogens is 2. The minimum Gasteiger partial charge on any atom is -0.489 e. The lowest BCUT2D eigenvalue weighted by molar-refractivity contribution is -0.119. The standard InChI is InChI=1S/C23H26N4O2.ClH/c1-16-10-19(29-15-17-6-4-3-5-7-17)8-9-22(16)26-23(28)21-13-24-12-20(21)18-11-25-27(2)14-18;/h3-11,14,20-21,24H,12-13,15H2,1-2H3,(H,26,28);1H/t20-,21+;/m1./s1. The molecule has 1 amide bonds. The topological polar surface area (TPSA) is 68.2 Å². The average molecular weight is 427 g/mol. The van der Waals surface area contributed by atoms with Gasteiger partial charge in [-0.1, -0.05) is 30.3 Å². The molecule has 0 spiro atoms. The van der Waals surface area contributed by atoms with Crippen LogP contribution in [0.1, 0.15) is 22.6 Å². The summed E-state index contributed by atoms with van der Waals surface area (Å²) in [6, 6.07) is 15.8. The van der Waals surface area contributed by atoms with E-state index in [1.54, 1.807) is 4.68 Å². The smallest absolute Gasteiger partial charge is 0.229 e. The van der Waals surface area contributed by atoms with E-state index in [9.17, 15) is 4.79 Å². The van der Waals surface area contributed by atoms with Crippen molar-refractivity contribution in [2.24, 2.45) is 13.0 Å². The summed E-state index contributed by atoms with van der Waals surface area (Å²) in [7, 11) is 1.89. The fourth-order valence-corrected chi connectivity index (χ4v) is 3.77. The predicted octanol–water partition coefficient (Wildman–Crippen LogP) is 3.67. The molecule has 2 atom stereocenters. The van der Waals surface area contributed by atoms with E-state index in [-0.39, 0.29) is 30.2 Å². The monoisotopic (exact) mass is 426 g/mol. The number of carbonyl (C=O) groups is 1. The minimum absolute atomic E-state index is 0. The lowest BCUT2D eigenvalue weighted by atomic mass is 9.90. The average Bonchev–Trinajstić information content (AvgIpc) is 3.38. The van der Waals surface area contributed by atoms with Crippen LogP contribution in [0.3, 0.4) is 0 Å². The number of halogens is 1. The number of carbonyl (C=O) groups excluding carboxylic acids is 1. The Labute approximate surface area is 183 Å². The molecule has 158 valence electrons. The minimum atomic E-state index is -0.118. The quantitative estimate of drug-likeness (QED) is 0.631. The summed E-state index contributed by atoms with van der Waals surface area (Å²) in [5, 5.41) is 10.7. The summed E-state index contributed by atoms with van der Waals surface area (Å²) < 4.78 is 7.66. The van der Waals surface area contributed by atoms with Gasteiger partial charge in [0.25, 0.3) is 0 Å². The van der Waals surface area contributed by atoms with Gasteiger partial charge < -0.3 is 15.4 Å². The summed E-state index contributed by atoms with van der Waals surface area (Å²) in [6.07, 6.45) is 3.84. The second-order valence-electron chi connectivity index (χ2n) is 7.56. The van der Waals surface area contributed by atoms with Crippen molar-refractivity contribution in [3.05, 3.63) is 77.6 Å². The third-order valence-corrected chi connectivity index (χ3v) is 5.41. The molecule has 2 aromatic carbocycles. The molecule has 1 aliphatic rings. The molecule has 4 rings (SSSR count). The van der Waals surface area contributed by atoms with E-state index in [1.165, 1.54) is 0 Å². The third kappa shape index (κ3) is 5.01. The van der Waals surface area contributed by atoms with E-state index in [4.69, 9.17) is 4.74 Å². The predicted molar refractivity (Wildman–Crippen MR) is 120 cm³/mol. The third-order valence-electron chi connectivity index (χ3n) is 5.41. The maximum Gasteiger partial charge on any atom is 0.229 e. The number of hydrogen-bond acceptors (Lipinski definition) is 4. The highest BCUT2D eigenvalue weighted by Gasteiger charge is 2.34. The van der Waals surface area contributed by atoms with Crippen molar-refractivity contribution < 1.29 is 9.53 Å². The molecule has 0 aliphatic carbocycles. The number of nitrogens with zero attached hydrogens (tertiary/aromatic N) is 2. The zero-order valence-corrected chi connectivity index (χ0v) is 18.0. The van der Waals surface area contributed by atoms with Crippen LogP contribution in [-0.4, -0.2) is 28.8 Å². The van der Waals surface area contributed by atoms with Crippen LogP contribution in [-0.2, 0) is 18.4 Å². The van der Waals surface area contributed by atoms with Crippen molar-refractivity contribution in [1.29, 1.82) is 0 Å². The Morgan fingerprint density at radius 1 is 1.23 bits per heavy atom. The fourth-order valence-electron chi connectivity index (χ4n) is 3.77. The first-order valence-corrected chi connectivity index (χ1v) is 9.87. The number of nitrogens with one attached hydrogen (secondary N) is 2. The molecule has 2 N–H and O–H groups in total. The van der Waals surface area contributed by atoms with E-state index < -0.39 is 0 Å². The van der Waals surface area contributed by atoms with Gasteiger partial charge in [-0.25, -0.2) is 0 Å². The van der Waals surface area contributed by atoms with Crippen LogP contribution in [0.2, 0.25) is 0 Å². The van der Waals surface area contributed by atoms with E-state index in [0.29, 0.717) is 13.2 Å². The second kappa shape index (κ2) is 9.78. The number of aryl methyl sites for hydroxylation is 2. The lowest BCUT2D eigenvalue weighted by Gasteiger charge is -2.18. The molecule has 0 unspecified atom stereocenters. The van der Waals surface area contributed by atoms with Gasteiger partial charge in [0.1, 0.15) is 12.4 Å². The molecule has 2 heterocycles. The normalized spacial score (nSPS) is 17.9. The Kier molecular flexibility index (Phi) is 7.13. The van der Waals surface area contributed by atoms with Crippen LogP contribution in [0, 0.1) is 12.8 Å². The van der Waals surface area contributed by atoms with Gasteiger partial charge in [-0.05, 0) is 41.8 Å². The van der Waals surface area contributed by atoms with Gasteiger partial charge in [-0.3, -0.25) is 9.48 Å². The van der Waals surface area contributed by atoms with Crippen molar-refractivity contribution in [3.8, 4) is 5.75 Å². The number of anilines is 1. The summed E-state index contributed by atoms with van der Waals surface area (Å²) >= 11 is 0. The number of amides is 1.